The van der Waals surface area contributed by atoms with Crippen molar-refractivity contribution in [2.75, 3.05) is 29.9 Å². The van der Waals surface area contributed by atoms with Gasteiger partial charge in [0.1, 0.15) is 6.33 Å². The Kier molecular flexibility index (Phi) is 5.48. The van der Waals surface area contributed by atoms with Crippen LogP contribution in [0.3, 0.4) is 0 Å². The van der Waals surface area contributed by atoms with E-state index in [0.29, 0.717) is 17.8 Å². The molecule has 0 atom stereocenters. The summed E-state index contributed by atoms with van der Waals surface area (Å²) in [7, 11) is 0. The fourth-order valence-electron chi connectivity index (χ4n) is 1.97. The van der Waals surface area contributed by atoms with E-state index in [9.17, 15) is 0 Å². The highest BCUT2D eigenvalue weighted by Crippen LogP contribution is 2.13. The fourth-order valence-corrected chi connectivity index (χ4v) is 1.97. The minimum absolute atomic E-state index is 0.589. The van der Waals surface area contributed by atoms with Gasteiger partial charge in [-0.1, -0.05) is 13.8 Å². The largest absolute Gasteiger partial charge is 0.354 e. The molecule has 0 aliphatic carbocycles. The minimum atomic E-state index is 0.589. The van der Waals surface area contributed by atoms with Crippen LogP contribution < -0.4 is 10.2 Å². The molecule has 7 heteroatoms. The minimum Gasteiger partial charge on any atom is -0.354 e. The van der Waals surface area contributed by atoms with Gasteiger partial charge in [-0.15, -0.1) is 0 Å². The van der Waals surface area contributed by atoms with Crippen molar-refractivity contribution in [2.45, 2.75) is 33.6 Å². The second kappa shape index (κ2) is 7.56. The molecule has 0 saturated heterocycles. The monoisotopic (exact) mass is 289 g/mol. The average molecular weight is 289 g/mol. The second-order valence-electron chi connectivity index (χ2n) is 4.74. The summed E-state index contributed by atoms with van der Waals surface area (Å²) in [6, 6.07) is 0. The average Bonchev–Trinajstić information content (AvgIpc) is 3.04. The maximum absolute atomic E-state index is 4.56. The maximum Gasteiger partial charge on any atom is 0.241 e. The smallest absolute Gasteiger partial charge is 0.241 e. The lowest BCUT2D eigenvalue weighted by Gasteiger charge is -2.20. The van der Waals surface area contributed by atoms with Gasteiger partial charge >= 0.3 is 0 Å². The van der Waals surface area contributed by atoms with Gasteiger partial charge < -0.3 is 10.2 Å². The Morgan fingerprint density at radius 1 is 1.14 bits per heavy atom. The first-order valence-corrected chi connectivity index (χ1v) is 7.51. The zero-order chi connectivity index (χ0) is 15.1. The lowest BCUT2D eigenvalue weighted by Crippen LogP contribution is -2.27. The third-order valence-corrected chi connectivity index (χ3v) is 3.04. The standard InChI is InChI=1S/C14H23N7/c1-4-7-16-12-17-13(20(6-3)9-5-2)19-14(18-12)21-10-8-15-11-21/h8,10-11H,4-7,9H2,1-3H3,(H,16,17,18,19). The van der Waals surface area contributed by atoms with E-state index in [0.717, 1.165) is 32.5 Å². The maximum atomic E-state index is 4.56. The summed E-state index contributed by atoms with van der Waals surface area (Å²) < 4.78 is 1.79. The Balaban J connectivity index is 2.36. The summed E-state index contributed by atoms with van der Waals surface area (Å²) in [4.78, 5) is 19.7. The summed E-state index contributed by atoms with van der Waals surface area (Å²) in [5.41, 5.74) is 0. The van der Waals surface area contributed by atoms with Crippen LogP contribution in [0.1, 0.15) is 33.6 Å². The van der Waals surface area contributed by atoms with Crippen LogP contribution in [0.4, 0.5) is 11.9 Å². The molecule has 0 aliphatic heterocycles. The molecule has 2 rings (SSSR count). The van der Waals surface area contributed by atoms with Crippen molar-refractivity contribution in [3.8, 4) is 5.95 Å². The normalized spacial score (nSPS) is 10.6. The van der Waals surface area contributed by atoms with Crippen LogP contribution in [0.5, 0.6) is 0 Å². The summed E-state index contributed by atoms with van der Waals surface area (Å²) in [6.45, 7) is 9.01. The van der Waals surface area contributed by atoms with E-state index in [2.05, 4.69) is 50.9 Å². The number of nitrogens with zero attached hydrogens (tertiary/aromatic N) is 6. The molecule has 114 valence electrons. The molecule has 0 amide bonds. The molecule has 2 heterocycles. The molecule has 0 aliphatic rings. The number of hydrogen-bond donors (Lipinski definition) is 1. The van der Waals surface area contributed by atoms with Crippen LogP contribution in [-0.2, 0) is 0 Å². The summed E-state index contributed by atoms with van der Waals surface area (Å²) in [6.07, 6.45) is 7.31. The summed E-state index contributed by atoms with van der Waals surface area (Å²) in [5.74, 6) is 1.91. The molecule has 2 aromatic rings. The molecule has 21 heavy (non-hydrogen) atoms. The SMILES string of the molecule is CCCNc1nc(N(CC)CCC)nc(-n2ccnc2)n1. The Morgan fingerprint density at radius 3 is 2.62 bits per heavy atom. The van der Waals surface area contributed by atoms with Crippen molar-refractivity contribution in [2.24, 2.45) is 0 Å². The molecule has 0 fully saturated rings. The van der Waals surface area contributed by atoms with E-state index in [4.69, 9.17) is 0 Å². The predicted octanol–water partition coefficient (Wildman–Crippen LogP) is 2.12. The number of imidazole rings is 1. The van der Waals surface area contributed by atoms with Crippen molar-refractivity contribution < 1.29 is 0 Å². The van der Waals surface area contributed by atoms with Gasteiger partial charge in [0, 0.05) is 32.0 Å². The molecular weight excluding hydrogens is 266 g/mol. The Hall–Kier alpha value is -2.18. The van der Waals surface area contributed by atoms with Crippen LogP contribution in [0, 0.1) is 0 Å². The zero-order valence-corrected chi connectivity index (χ0v) is 13.0. The number of hydrogen-bond acceptors (Lipinski definition) is 6. The highest BCUT2D eigenvalue weighted by atomic mass is 15.3. The zero-order valence-electron chi connectivity index (χ0n) is 13.0. The molecular formula is C14H23N7. The molecule has 7 nitrogen and oxygen atoms in total. The van der Waals surface area contributed by atoms with Gasteiger partial charge in [0.05, 0.1) is 0 Å². The summed E-state index contributed by atoms with van der Waals surface area (Å²) in [5, 5.41) is 3.24. The van der Waals surface area contributed by atoms with E-state index in [-0.39, 0.29) is 0 Å². The Bertz CT molecular complexity index is 538. The highest BCUT2D eigenvalue weighted by molar-refractivity contribution is 5.40. The third kappa shape index (κ3) is 3.90. The molecule has 0 bridgehead atoms. The lowest BCUT2D eigenvalue weighted by molar-refractivity contribution is 0.748. The van der Waals surface area contributed by atoms with Crippen LogP contribution in [0.2, 0.25) is 0 Å². The molecule has 0 saturated carbocycles. The van der Waals surface area contributed by atoms with E-state index >= 15 is 0 Å². The Labute approximate surface area is 125 Å². The molecule has 0 spiro atoms. The van der Waals surface area contributed by atoms with E-state index in [1.54, 1.807) is 17.1 Å². The van der Waals surface area contributed by atoms with Gasteiger partial charge in [0.25, 0.3) is 0 Å². The molecule has 2 aromatic heterocycles. The number of rotatable bonds is 8. The van der Waals surface area contributed by atoms with Crippen LogP contribution in [-0.4, -0.2) is 44.1 Å². The quantitative estimate of drug-likeness (QED) is 0.802. The lowest BCUT2D eigenvalue weighted by atomic mass is 10.4. The third-order valence-electron chi connectivity index (χ3n) is 3.04. The highest BCUT2D eigenvalue weighted by Gasteiger charge is 2.12. The number of anilines is 2. The first kappa shape index (κ1) is 15.2. The number of aromatic nitrogens is 5. The second-order valence-corrected chi connectivity index (χ2v) is 4.74. The van der Waals surface area contributed by atoms with E-state index < -0.39 is 0 Å². The molecule has 1 N–H and O–H groups in total. The number of nitrogens with one attached hydrogen (secondary N) is 1. The van der Waals surface area contributed by atoms with Crippen LogP contribution >= 0.6 is 0 Å². The van der Waals surface area contributed by atoms with Gasteiger partial charge in [-0.25, -0.2) is 4.98 Å². The fraction of sp³-hybridized carbons (Fsp3) is 0.571. The first-order chi connectivity index (χ1) is 10.3. The van der Waals surface area contributed by atoms with E-state index in [1.165, 1.54) is 0 Å². The molecule has 0 aromatic carbocycles. The van der Waals surface area contributed by atoms with Crippen molar-refractivity contribution in [1.82, 2.24) is 24.5 Å². The van der Waals surface area contributed by atoms with Crippen molar-refractivity contribution >= 4 is 11.9 Å². The van der Waals surface area contributed by atoms with Gasteiger partial charge in [-0.3, -0.25) is 4.57 Å². The first-order valence-electron chi connectivity index (χ1n) is 7.51. The Morgan fingerprint density at radius 2 is 2.00 bits per heavy atom. The topological polar surface area (TPSA) is 71.8 Å². The molecule has 0 unspecified atom stereocenters. The van der Waals surface area contributed by atoms with Crippen LogP contribution in [0.15, 0.2) is 18.7 Å². The van der Waals surface area contributed by atoms with Gasteiger partial charge in [0.15, 0.2) is 0 Å². The summed E-state index contributed by atoms with van der Waals surface area (Å²) >= 11 is 0. The van der Waals surface area contributed by atoms with Gasteiger partial charge in [-0.2, -0.15) is 15.0 Å². The van der Waals surface area contributed by atoms with Crippen molar-refractivity contribution in [3.05, 3.63) is 18.7 Å². The van der Waals surface area contributed by atoms with Crippen LogP contribution in [0.25, 0.3) is 5.95 Å². The van der Waals surface area contributed by atoms with Gasteiger partial charge in [0.2, 0.25) is 17.8 Å². The van der Waals surface area contributed by atoms with Gasteiger partial charge in [-0.05, 0) is 19.8 Å². The predicted molar refractivity (Wildman–Crippen MR) is 83.9 cm³/mol. The molecule has 0 radical (unpaired) electrons. The van der Waals surface area contributed by atoms with Crippen molar-refractivity contribution in [3.63, 3.8) is 0 Å². The van der Waals surface area contributed by atoms with E-state index in [1.807, 2.05) is 6.20 Å². The van der Waals surface area contributed by atoms with Crippen molar-refractivity contribution in [1.29, 1.82) is 0 Å².